The summed E-state index contributed by atoms with van der Waals surface area (Å²) in [6.45, 7) is 3.66. The van der Waals surface area contributed by atoms with Crippen LogP contribution in [-0.2, 0) is 4.74 Å². The Labute approximate surface area is 113 Å². The summed E-state index contributed by atoms with van der Waals surface area (Å²) >= 11 is 0. The Kier molecular flexibility index (Phi) is 3.85. The van der Waals surface area contributed by atoms with Crippen LogP contribution in [0, 0.1) is 0 Å². The quantitative estimate of drug-likeness (QED) is 0.674. The van der Waals surface area contributed by atoms with E-state index in [2.05, 4.69) is 0 Å². The van der Waals surface area contributed by atoms with Crippen LogP contribution < -0.4 is 5.73 Å². The van der Waals surface area contributed by atoms with E-state index in [9.17, 15) is 4.79 Å². The number of nitrogen functional groups attached to an aromatic ring is 1. The molecule has 0 unspecified atom stereocenters. The molecule has 2 aromatic carbocycles. The molecule has 0 aliphatic carbocycles. The van der Waals surface area contributed by atoms with Crippen molar-refractivity contribution in [1.29, 1.82) is 0 Å². The van der Waals surface area contributed by atoms with Crippen molar-refractivity contribution in [3.05, 3.63) is 54.1 Å². The normalized spacial score (nSPS) is 10.5. The Morgan fingerprint density at radius 1 is 1.00 bits per heavy atom. The number of esters is 1. The molecule has 0 aromatic heterocycles. The van der Waals surface area contributed by atoms with E-state index >= 15 is 0 Å². The van der Waals surface area contributed by atoms with Gasteiger partial charge >= 0.3 is 5.97 Å². The highest BCUT2D eigenvalue weighted by Gasteiger charge is 2.15. The first-order valence-electron chi connectivity index (χ1n) is 6.24. The molecule has 98 valence electrons. The largest absolute Gasteiger partial charge is 0.459 e. The minimum absolute atomic E-state index is 0.145. The highest BCUT2D eigenvalue weighted by molar-refractivity contribution is 5.99. The molecule has 0 heterocycles. The second-order valence-corrected chi connectivity index (χ2v) is 4.59. The Bertz CT molecular complexity index is 591. The Balaban J connectivity index is 2.48. The summed E-state index contributed by atoms with van der Waals surface area (Å²) in [5.74, 6) is -0.325. The number of nitrogens with two attached hydrogens (primary N) is 1. The highest BCUT2D eigenvalue weighted by atomic mass is 16.5. The molecule has 0 spiro atoms. The van der Waals surface area contributed by atoms with Crippen molar-refractivity contribution >= 4 is 11.7 Å². The first-order chi connectivity index (χ1) is 9.09. The number of hydrogen-bond acceptors (Lipinski definition) is 3. The second-order valence-electron chi connectivity index (χ2n) is 4.59. The third kappa shape index (κ3) is 2.94. The lowest BCUT2D eigenvalue weighted by atomic mass is 9.98. The van der Waals surface area contributed by atoms with Crippen molar-refractivity contribution in [1.82, 2.24) is 0 Å². The molecule has 0 amide bonds. The van der Waals surface area contributed by atoms with Gasteiger partial charge in [-0.2, -0.15) is 0 Å². The van der Waals surface area contributed by atoms with Crippen molar-refractivity contribution in [2.75, 3.05) is 5.73 Å². The fourth-order valence-corrected chi connectivity index (χ4v) is 1.92. The molecule has 2 rings (SSSR count). The van der Waals surface area contributed by atoms with Crippen LogP contribution in [-0.4, -0.2) is 12.1 Å². The predicted octanol–water partition coefficient (Wildman–Crippen LogP) is 3.50. The van der Waals surface area contributed by atoms with Crippen LogP contribution in [0.25, 0.3) is 11.1 Å². The standard InChI is InChI=1S/C16H17NO2/c1-11(2)19-16(18)14-9-4-3-7-12(14)13-8-5-6-10-15(13)17/h3-11H,17H2,1-2H3. The average Bonchev–Trinajstić information content (AvgIpc) is 2.38. The molecule has 2 aromatic rings. The van der Waals surface area contributed by atoms with Gasteiger partial charge in [-0.25, -0.2) is 4.79 Å². The first-order valence-corrected chi connectivity index (χ1v) is 6.24. The molecule has 19 heavy (non-hydrogen) atoms. The van der Waals surface area contributed by atoms with Gasteiger partial charge in [-0.3, -0.25) is 0 Å². The molecule has 3 nitrogen and oxygen atoms in total. The molecule has 0 bridgehead atoms. The summed E-state index contributed by atoms with van der Waals surface area (Å²) in [5, 5.41) is 0. The number of benzene rings is 2. The summed E-state index contributed by atoms with van der Waals surface area (Å²) in [5.41, 5.74) is 8.80. The Morgan fingerprint density at radius 3 is 2.21 bits per heavy atom. The molecule has 0 fully saturated rings. The van der Waals surface area contributed by atoms with Crippen molar-refractivity contribution in [2.45, 2.75) is 20.0 Å². The van der Waals surface area contributed by atoms with Crippen LogP contribution in [0.3, 0.4) is 0 Å². The third-order valence-corrected chi connectivity index (χ3v) is 2.74. The van der Waals surface area contributed by atoms with Crippen LogP contribution in [0.2, 0.25) is 0 Å². The molecule has 0 atom stereocenters. The van der Waals surface area contributed by atoms with Crippen molar-refractivity contribution in [2.24, 2.45) is 0 Å². The van der Waals surface area contributed by atoms with Gasteiger partial charge in [0.25, 0.3) is 0 Å². The maximum absolute atomic E-state index is 12.1. The lowest BCUT2D eigenvalue weighted by Gasteiger charge is -2.13. The Morgan fingerprint density at radius 2 is 1.58 bits per heavy atom. The number of anilines is 1. The van der Waals surface area contributed by atoms with Crippen LogP contribution in [0.1, 0.15) is 24.2 Å². The minimum atomic E-state index is -0.325. The fourth-order valence-electron chi connectivity index (χ4n) is 1.92. The van der Waals surface area contributed by atoms with Crippen LogP contribution in [0.4, 0.5) is 5.69 Å². The predicted molar refractivity (Wildman–Crippen MR) is 76.8 cm³/mol. The summed E-state index contributed by atoms with van der Waals surface area (Å²) in [7, 11) is 0. The molecule has 0 saturated heterocycles. The van der Waals surface area contributed by atoms with Crippen LogP contribution in [0.15, 0.2) is 48.5 Å². The van der Waals surface area contributed by atoms with Crippen LogP contribution >= 0.6 is 0 Å². The maximum Gasteiger partial charge on any atom is 0.339 e. The molecule has 0 aliphatic heterocycles. The van der Waals surface area contributed by atoms with Gasteiger partial charge in [0.05, 0.1) is 11.7 Å². The van der Waals surface area contributed by atoms with E-state index in [1.165, 1.54) is 0 Å². The molecule has 0 aliphatic rings. The molecule has 0 radical (unpaired) electrons. The topological polar surface area (TPSA) is 52.3 Å². The number of hydrogen-bond donors (Lipinski definition) is 1. The van der Waals surface area contributed by atoms with Gasteiger partial charge in [0, 0.05) is 11.3 Å². The zero-order chi connectivity index (χ0) is 13.8. The van der Waals surface area contributed by atoms with Crippen LogP contribution in [0.5, 0.6) is 0 Å². The fraction of sp³-hybridized carbons (Fsp3) is 0.188. The van der Waals surface area contributed by atoms with E-state index in [1.54, 1.807) is 6.07 Å². The zero-order valence-electron chi connectivity index (χ0n) is 11.1. The lowest BCUT2D eigenvalue weighted by molar-refractivity contribution is 0.0379. The van der Waals surface area contributed by atoms with Crippen molar-refractivity contribution < 1.29 is 9.53 Å². The number of rotatable bonds is 3. The average molecular weight is 255 g/mol. The van der Waals surface area contributed by atoms with Crippen molar-refractivity contribution in [3.63, 3.8) is 0 Å². The summed E-state index contributed by atoms with van der Waals surface area (Å²) in [6, 6.07) is 14.8. The zero-order valence-corrected chi connectivity index (χ0v) is 11.1. The van der Waals surface area contributed by atoms with E-state index in [1.807, 2.05) is 56.3 Å². The summed E-state index contributed by atoms with van der Waals surface area (Å²) in [6.07, 6.45) is -0.145. The first kappa shape index (κ1) is 13.1. The van der Waals surface area contributed by atoms with E-state index in [4.69, 9.17) is 10.5 Å². The van der Waals surface area contributed by atoms with Gasteiger partial charge in [0.2, 0.25) is 0 Å². The van der Waals surface area contributed by atoms with E-state index in [0.717, 1.165) is 11.1 Å². The highest BCUT2D eigenvalue weighted by Crippen LogP contribution is 2.29. The van der Waals surface area contributed by atoms with Gasteiger partial charge < -0.3 is 10.5 Å². The van der Waals surface area contributed by atoms with Gasteiger partial charge in [-0.1, -0.05) is 36.4 Å². The maximum atomic E-state index is 12.1. The SMILES string of the molecule is CC(C)OC(=O)c1ccccc1-c1ccccc1N. The smallest absolute Gasteiger partial charge is 0.339 e. The van der Waals surface area contributed by atoms with Gasteiger partial charge in [-0.05, 0) is 31.5 Å². The van der Waals surface area contributed by atoms with E-state index in [0.29, 0.717) is 11.3 Å². The number of ether oxygens (including phenoxy) is 1. The number of carbonyl (C=O) groups excluding carboxylic acids is 1. The molecular weight excluding hydrogens is 238 g/mol. The van der Waals surface area contributed by atoms with Gasteiger partial charge in [0.1, 0.15) is 0 Å². The monoisotopic (exact) mass is 255 g/mol. The third-order valence-electron chi connectivity index (χ3n) is 2.74. The lowest BCUT2D eigenvalue weighted by Crippen LogP contribution is -2.12. The second kappa shape index (κ2) is 5.57. The van der Waals surface area contributed by atoms with E-state index < -0.39 is 0 Å². The number of para-hydroxylation sites is 1. The Hall–Kier alpha value is -2.29. The van der Waals surface area contributed by atoms with Crippen molar-refractivity contribution in [3.8, 4) is 11.1 Å². The minimum Gasteiger partial charge on any atom is -0.459 e. The van der Waals surface area contributed by atoms with Gasteiger partial charge in [0.15, 0.2) is 0 Å². The molecule has 3 heteroatoms. The van der Waals surface area contributed by atoms with E-state index in [-0.39, 0.29) is 12.1 Å². The molecular formula is C16H17NO2. The molecule has 2 N–H and O–H groups in total. The summed E-state index contributed by atoms with van der Waals surface area (Å²) in [4.78, 5) is 12.1. The van der Waals surface area contributed by atoms with Gasteiger partial charge in [-0.15, -0.1) is 0 Å². The summed E-state index contributed by atoms with van der Waals surface area (Å²) < 4.78 is 5.26. The number of carbonyl (C=O) groups is 1. The molecule has 0 saturated carbocycles.